The Bertz CT molecular complexity index is 2020. The standard InChI is InChI=1S/C39H40N4O/c1-38(2,3)26-20-21-40-37(22-26)43-32-13-9-8-12-29(32)30-18-17-28(24-35(30)43)44-36-23-27(16-19-31(36)39(4,5)6)42-25-41(7)33-14-10-11-15-34(33)42/h8-24H,25H2,1-7H3. The van der Waals surface area contributed by atoms with Crippen molar-refractivity contribution < 1.29 is 4.74 Å². The van der Waals surface area contributed by atoms with E-state index in [9.17, 15) is 0 Å². The third-order valence-electron chi connectivity index (χ3n) is 8.74. The summed E-state index contributed by atoms with van der Waals surface area (Å²) >= 11 is 0. The number of nitrogens with zero attached hydrogens (tertiary/aromatic N) is 4. The van der Waals surface area contributed by atoms with Crippen LogP contribution in [0.5, 0.6) is 11.5 Å². The molecule has 6 aromatic rings. The highest BCUT2D eigenvalue weighted by Gasteiger charge is 2.27. The van der Waals surface area contributed by atoms with Crippen molar-refractivity contribution in [1.82, 2.24) is 9.55 Å². The minimum atomic E-state index is -0.0934. The molecule has 5 nitrogen and oxygen atoms in total. The summed E-state index contributed by atoms with van der Waals surface area (Å²) in [5, 5.41) is 2.38. The predicted octanol–water partition coefficient (Wildman–Crippen LogP) is 10.1. The monoisotopic (exact) mass is 580 g/mol. The summed E-state index contributed by atoms with van der Waals surface area (Å²) in [7, 11) is 2.14. The third kappa shape index (κ3) is 4.77. The van der Waals surface area contributed by atoms with E-state index in [1.54, 1.807) is 0 Å². The highest BCUT2D eigenvalue weighted by Crippen LogP contribution is 2.44. The number of anilines is 3. The Morgan fingerprint density at radius 3 is 2.18 bits per heavy atom. The zero-order valence-electron chi connectivity index (χ0n) is 26.7. The second-order valence-electron chi connectivity index (χ2n) is 14.0. The number of hydrogen-bond donors (Lipinski definition) is 0. The van der Waals surface area contributed by atoms with Crippen LogP contribution in [0.1, 0.15) is 52.7 Å². The Balaban J connectivity index is 1.36. The van der Waals surface area contributed by atoms with E-state index in [0.717, 1.165) is 40.7 Å². The van der Waals surface area contributed by atoms with Crippen LogP contribution >= 0.6 is 0 Å². The van der Waals surface area contributed by atoms with Crippen molar-refractivity contribution in [3.8, 4) is 17.3 Å². The van der Waals surface area contributed by atoms with Gasteiger partial charge in [0.1, 0.15) is 17.3 Å². The van der Waals surface area contributed by atoms with Gasteiger partial charge in [0.2, 0.25) is 0 Å². The second-order valence-corrected chi connectivity index (χ2v) is 14.0. The van der Waals surface area contributed by atoms with Gasteiger partial charge in [0.15, 0.2) is 0 Å². The van der Waals surface area contributed by atoms with Crippen molar-refractivity contribution in [2.75, 3.05) is 23.5 Å². The molecule has 1 aliphatic rings. The van der Waals surface area contributed by atoms with Crippen LogP contribution in [0, 0.1) is 0 Å². The minimum Gasteiger partial charge on any atom is -0.457 e. The molecule has 7 rings (SSSR count). The largest absolute Gasteiger partial charge is 0.457 e. The van der Waals surface area contributed by atoms with Crippen molar-refractivity contribution in [1.29, 1.82) is 0 Å². The number of fused-ring (bicyclic) bond motifs is 4. The van der Waals surface area contributed by atoms with Crippen LogP contribution in [0.25, 0.3) is 27.6 Å². The van der Waals surface area contributed by atoms with E-state index in [4.69, 9.17) is 9.72 Å². The first-order valence-corrected chi connectivity index (χ1v) is 15.4. The molecule has 0 N–H and O–H groups in total. The van der Waals surface area contributed by atoms with Crippen LogP contribution in [0.2, 0.25) is 0 Å². The molecule has 0 aliphatic carbocycles. The molecule has 3 heterocycles. The quantitative estimate of drug-likeness (QED) is 0.208. The fourth-order valence-electron chi connectivity index (χ4n) is 6.38. The number of aromatic nitrogens is 2. The van der Waals surface area contributed by atoms with Gasteiger partial charge in [-0.1, -0.05) is 77.9 Å². The molecule has 0 radical (unpaired) electrons. The summed E-state index contributed by atoms with van der Waals surface area (Å²) in [5.74, 6) is 2.59. The normalized spacial score (nSPS) is 13.6. The lowest BCUT2D eigenvalue weighted by molar-refractivity contribution is 0.456. The highest BCUT2D eigenvalue weighted by molar-refractivity contribution is 6.09. The van der Waals surface area contributed by atoms with Crippen LogP contribution in [0.4, 0.5) is 17.1 Å². The van der Waals surface area contributed by atoms with Crippen molar-refractivity contribution in [3.63, 3.8) is 0 Å². The van der Waals surface area contributed by atoms with Crippen LogP contribution in [-0.4, -0.2) is 23.3 Å². The maximum absolute atomic E-state index is 6.85. The van der Waals surface area contributed by atoms with Gasteiger partial charge in [-0.3, -0.25) is 4.57 Å². The maximum Gasteiger partial charge on any atom is 0.137 e. The van der Waals surface area contributed by atoms with E-state index in [1.807, 2.05) is 6.20 Å². The smallest absolute Gasteiger partial charge is 0.137 e. The van der Waals surface area contributed by atoms with Gasteiger partial charge in [0.05, 0.1) is 29.1 Å². The molecular weight excluding hydrogens is 540 g/mol. The summed E-state index contributed by atoms with van der Waals surface area (Å²) in [6, 6.07) is 34.5. The number of rotatable bonds is 4. The summed E-state index contributed by atoms with van der Waals surface area (Å²) < 4.78 is 9.12. The van der Waals surface area contributed by atoms with Crippen molar-refractivity contribution >= 4 is 38.9 Å². The molecule has 1 aliphatic heterocycles. The summed E-state index contributed by atoms with van der Waals surface area (Å²) in [4.78, 5) is 9.48. The Kier molecular flexibility index (Phi) is 6.47. The first kappa shape index (κ1) is 28.0. The fourth-order valence-corrected chi connectivity index (χ4v) is 6.38. The summed E-state index contributed by atoms with van der Waals surface area (Å²) in [6.07, 6.45) is 1.92. The van der Waals surface area contributed by atoms with Gasteiger partial charge < -0.3 is 14.5 Å². The lowest BCUT2D eigenvalue weighted by Gasteiger charge is -2.26. The van der Waals surface area contributed by atoms with E-state index in [1.165, 1.54) is 33.3 Å². The molecule has 0 atom stereocenters. The van der Waals surface area contributed by atoms with E-state index in [2.05, 4.69) is 160 Å². The van der Waals surface area contributed by atoms with Crippen LogP contribution in [0.3, 0.4) is 0 Å². The van der Waals surface area contributed by atoms with Gasteiger partial charge in [-0.2, -0.15) is 0 Å². The lowest BCUT2D eigenvalue weighted by Crippen LogP contribution is -2.24. The first-order chi connectivity index (χ1) is 21.0. The van der Waals surface area contributed by atoms with Crippen molar-refractivity contribution in [2.45, 2.75) is 52.4 Å². The summed E-state index contributed by atoms with van der Waals surface area (Å²) in [6.45, 7) is 14.2. The molecule has 0 unspecified atom stereocenters. The molecule has 0 saturated carbocycles. The molecule has 5 heteroatoms. The van der Waals surface area contributed by atoms with Crippen molar-refractivity contribution in [2.24, 2.45) is 0 Å². The molecule has 0 saturated heterocycles. The minimum absolute atomic E-state index is 0.0176. The van der Waals surface area contributed by atoms with Gasteiger partial charge in [-0.25, -0.2) is 4.98 Å². The topological polar surface area (TPSA) is 33.5 Å². The van der Waals surface area contributed by atoms with Crippen LogP contribution < -0.4 is 14.5 Å². The molecule has 2 aromatic heterocycles. The van der Waals surface area contributed by atoms with Gasteiger partial charge in [-0.05, 0) is 64.9 Å². The lowest BCUT2D eigenvalue weighted by atomic mass is 9.86. The predicted molar refractivity (Wildman–Crippen MR) is 184 cm³/mol. The zero-order chi connectivity index (χ0) is 30.8. The van der Waals surface area contributed by atoms with E-state index in [-0.39, 0.29) is 10.8 Å². The van der Waals surface area contributed by atoms with Gasteiger partial charge >= 0.3 is 0 Å². The Labute approximate surface area is 260 Å². The Morgan fingerprint density at radius 1 is 0.682 bits per heavy atom. The SMILES string of the molecule is CN1CN(c2ccc(C(C)(C)C)c(Oc3ccc4c5ccccc5n(-c5cc(C(C)(C)C)ccn5)c4c3)c2)c2ccccc21. The number of hydrogen-bond acceptors (Lipinski definition) is 4. The molecule has 0 fully saturated rings. The third-order valence-corrected chi connectivity index (χ3v) is 8.74. The van der Waals surface area contributed by atoms with E-state index in [0.29, 0.717) is 0 Å². The van der Waals surface area contributed by atoms with Crippen LogP contribution in [-0.2, 0) is 10.8 Å². The summed E-state index contributed by atoms with van der Waals surface area (Å²) in [5.41, 5.74) is 8.11. The number of para-hydroxylation sites is 3. The molecular formula is C39H40N4O. The van der Waals surface area contributed by atoms with Gasteiger partial charge in [0.25, 0.3) is 0 Å². The molecule has 0 bridgehead atoms. The van der Waals surface area contributed by atoms with Crippen molar-refractivity contribution in [3.05, 3.63) is 114 Å². The fraction of sp³-hybridized carbons (Fsp3) is 0.256. The van der Waals surface area contributed by atoms with Gasteiger partial charge in [0, 0.05) is 47.4 Å². The molecule has 44 heavy (non-hydrogen) atoms. The highest BCUT2D eigenvalue weighted by atomic mass is 16.5. The first-order valence-electron chi connectivity index (χ1n) is 15.4. The molecule has 0 spiro atoms. The second kappa shape index (κ2) is 10.2. The number of pyridine rings is 1. The molecule has 4 aromatic carbocycles. The average Bonchev–Trinajstić information content (AvgIpc) is 3.51. The Morgan fingerprint density at radius 2 is 1.41 bits per heavy atom. The molecule has 0 amide bonds. The number of benzene rings is 4. The van der Waals surface area contributed by atoms with E-state index >= 15 is 0 Å². The average molecular weight is 581 g/mol. The number of ether oxygens (including phenoxy) is 1. The molecule has 222 valence electrons. The van der Waals surface area contributed by atoms with E-state index < -0.39 is 0 Å². The van der Waals surface area contributed by atoms with Gasteiger partial charge in [-0.15, -0.1) is 0 Å². The van der Waals surface area contributed by atoms with Crippen LogP contribution in [0.15, 0.2) is 103 Å². The Hall–Kier alpha value is -4.77. The maximum atomic E-state index is 6.85. The zero-order valence-corrected chi connectivity index (χ0v) is 26.7.